The second kappa shape index (κ2) is 7.95. The third kappa shape index (κ3) is 4.36. The zero-order valence-corrected chi connectivity index (χ0v) is 15.0. The van der Waals surface area contributed by atoms with Crippen LogP contribution in [0.3, 0.4) is 0 Å². The van der Waals surface area contributed by atoms with Gasteiger partial charge in [0.1, 0.15) is 6.04 Å². The minimum absolute atomic E-state index is 0.000142. The molecule has 1 saturated carbocycles. The van der Waals surface area contributed by atoms with Crippen molar-refractivity contribution in [2.45, 2.75) is 52.1 Å². The summed E-state index contributed by atoms with van der Waals surface area (Å²) in [6.45, 7) is 7.24. The summed E-state index contributed by atoms with van der Waals surface area (Å²) in [5.41, 5.74) is 0. The van der Waals surface area contributed by atoms with Crippen LogP contribution in [0.5, 0.6) is 0 Å². The topological polar surface area (TPSA) is 91.6 Å². The van der Waals surface area contributed by atoms with Gasteiger partial charge < -0.3 is 14.7 Å². The lowest BCUT2D eigenvalue weighted by atomic mass is 9.84. The summed E-state index contributed by atoms with van der Waals surface area (Å²) in [7, 11) is 0. The summed E-state index contributed by atoms with van der Waals surface area (Å²) < 4.78 is 5.12. The lowest BCUT2D eigenvalue weighted by Gasteiger charge is -2.36. The van der Waals surface area contributed by atoms with E-state index in [-0.39, 0.29) is 17.7 Å². The molecule has 1 aromatic heterocycles. The van der Waals surface area contributed by atoms with Crippen molar-refractivity contribution in [1.82, 2.24) is 25.3 Å². The standard InChI is InChI=1S/C17H27N5O3/c1-3-15-19-14(20-25-15)11-21-7-9-22(10-8-21)17(24)12(2)18-16(23)13-5-4-6-13/h12-13H,3-11H2,1-2H3,(H,18,23)/t12-/m0/s1. The number of nitrogens with zero attached hydrogens (tertiary/aromatic N) is 4. The van der Waals surface area contributed by atoms with Crippen molar-refractivity contribution in [3.05, 3.63) is 11.7 Å². The Hall–Kier alpha value is -1.96. The van der Waals surface area contributed by atoms with Crippen LogP contribution in [0.15, 0.2) is 4.52 Å². The number of nitrogens with one attached hydrogen (secondary N) is 1. The second-order valence-electron chi connectivity index (χ2n) is 6.92. The highest BCUT2D eigenvalue weighted by molar-refractivity contribution is 5.88. The smallest absolute Gasteiger partial charge is 0.244 e. The van der Waals surface area contributed by atoms with Gasteiger partial charge in [-0.25, -0.2) is 0 Å². The van der Waals surface area contributed by atoms with Gasteiger partial charge in [0.05, 0.1) is 6.54 Å². The van der Waals surface area contributed by atoms with Crippen LogP contribution in [-0.4, -0.2) is 64.0 Å². The molecule has 0 unspecified atom stereocenters. The van der Waals surface area contributed by atoms with E-state index in [1.165, 1.54) is 0 Å². The molecule has 8 heteroatoms. The Kier molecular flexibility index (Phi) is 5.67. The Morgan fingerprint density at radius 2 is 2.00 bits per heavy atom. The van der Waals surface area contributed by atoms with Crippen LogP contribution in [-0.2, 0) is 22.6 Å². The predicted molar refractivity (Wildman–Crippen MR) is 90.5 cm³/mol. The number of hydrogen-bond donors (Lipinski definition) is 1. The Bertz CT molecular complexity index is 605. The van der Waals surface area contributed by atoms with Crippen LogP contribution in [0.2, 0.25) is 0 Å². The number of aryl methyl sites for hydroxylation is 1. The molecule has 1 aromatic rings. The van der Waals surface area contributed by atoms with Crippen LogP contribution in [0, 0.1) is 5.92 Å². The average molecular weight is 349 g/mol. The fraction of sp³-hybridized carbons (Fsp3) is 0.765. The summed E-state index contributed by atoms with van der Waals surface area (Å²) in [6, 6.07) is -0.455. The zero-order chi connectivity index (χ0) is 17.8. The van der Waals surface area contributed by atoms with Crippen LogP contribution in [0.1, 0.15) is 44.8 Å². The minimum atomic E-state index is -0.455. The first-order valence-corrected chi connectivity index (χ1v) is 9.19. The monoisotopic (exact) mass is 349 g/mol. The van der Waals surface area contributed by atoms with E-state index < -0.39 is 6.04 Å². The number of amides is 2. The van der Waals surface area contributed by atoms with Crippen LogP contribution in [0.4, 0.5) is 0 Å². The van der Waals surface area contributed by atoms with Gasteiger partial charge in [0.2, 0.25) is 17.7 Å². The summed E-state index contributed by atoms with van der Waals surface area (Å²) in [6.07, 6.45) is 3.74. The Balaban J connectivity index is 1.42. The molecule has 0 radical (unpaired) electrons. The molecule has 1 atom stereocenters. The van der Waals surface area contributed by atoms with Crippen molar-refractivity contribution in [3.63, 3.8) is 0 Å². The largest absolute Gasteiger partial charge is 0.344 e. The normalized spacial score (nSPS) is 20.2. The second-order valence-corrected chi connectivity index (χ2v) is 6.92. The van der Waals surface area contributed by atoms with Gasteiger partial charge in [-0.15, -0.1) is 0 Å². The lowest BCUT2D eigenvalue weighted by molar-refractivity contribution is -0.139. The van der Waals surface area contributed by atoms with Gasteiger partial charge in [-0.05, 0) is 19.8 Å². The molecule has 8 nitrogen and oxygen atoms in total. The van der Waals surface area contributed by atoms with E-state index in [0.717, 1.165) is 38.8 Å². The molecule has 1 aliphatic carbocycles. The Morgan fingerprint density at radius 1 is 1.28 bits per heavy atom. The van der Waals surface area contributed by atoms with Gasteiger partial charge in [0, 0.05) is 38.5 Å². The number of carbonyl (C=O) groups is 2. The van der Waals surface area contributed by atoms with Crippen molar-refractivity contribution < 1.29 is 14.1 Å². The highest BCUT2D eigenvalue weighted by Gasteiger charge is 2.30. The zero-order valence-electron chi connectivity index (χ0n) is 15.0. The molecule has 25 heavy (non-hydrogen) atoms. The van der Waals surface area contributed by atoms with E-state index in [0.29, 0.717) is 31.3 Å². The van der Waals surface area contributed by atoms with Gasteiger partial charge in [0.15, 0.2) is 5.82 Å². The molecular weight excluding hydrogens is 322 g/mol. The summed E-state index contributed by atoms with van der Waals surface area (Å²) in [5, 5.41) is 6.83. The Morgan fingerprint density at radius 3 is 2.56 bits per heavy atom. The molecule has 2 amide bonds. The minimum Gasteiger partial charge on any atom is -0.344 e. The fourth-order valence-electron chi connectivity index (χ4n) is 3.16. The quantitative estimate of drug-likeness (QED) is 0.808. The summed E-state index contributed by atoms with van der Waals surface area (Å²) in [4.78, 5) is 32.9. The van der Waals surface area contributed by atoms with E-state index >= 15 is 0 Å². The average Bonchev–Trinajstić information content (AvgIpc) is 3.00. The fourth-order valence-corrected chi connectivity index (χ4v) is 3.16. The van der Waals surface area contributed by atoms with Gasteiger partial charge in [-0.3, -0.25) is 14.5 Å². The van der Waals surface area contributed by atoms with Crippen LogP contribution >= 0.6 is 0 Å². The number of piperazine rings is 1. The van der Waals surface area contributed by atoms with Crippen molar-refractivity contribution in [1.29, 1.82) is 0 Å². The third-order valence-corrected chi connectivity index (χ3v) is 5.07. The number of hydrogen-bond acceptors (Lipinski definition) is 6. The maximum atomic E-state index is 12.5. The van der Waals surface area contributed by atoms with E-state index in [1.807, 2.05) is 11.8 Å². The van der Waals surface area contributed by atoms with E-state index in [4.69, 9.17) is 4.52 Å². The summed E-state index contributed by atoms with van der Waals surface area (Å²) in [5.74, 6) is 1.47. The van der Waals surface area contributed by atoms with E-state index in [2.05, 4.69) is 20.4 Å². The SMILES string of the molecule is CCc1nc(CN2CCN(C(=O)[C@H](C)NC(=O)C3CCC3)CC2)no1. The van der Waals surface area contributed by atoms with E-state index in [9.17, 15) is 9.59 Å². The van der Waals surface area contributed by atoms with Crippen LogP contribution in [0.25, 0.3) is 0 Å². The van der Waals surface area contributed by atoms with Gasteiger partial charge in [-0.2, -0.15) is 4.98 Å². The van der Waals surface area contributed by atoms with Gasteiger partial charge in [0.25, 0.3) is 0 Å². The number of carbonyl (C=O) groups excluding carboxylic acids is 2. The first kappa shape index (κ1) is 17.8. The number of aromatic nitrogens is 2. The van der Waals surface area contributed by atoms with Gasteiger partial charge in [-0.1, -0.05) is 18.5 Å². The van der Waals surface area contributed by atoms with Crippen molar-refractivity contribution >= 4 is 11.8 Å². The van der Waals surface area contributed by atoms with Crippen LogP contribution < -0.4 is 5.32 Å². The molecule has 1 N–H and O–H groups in total. The summed E-state index contributed by atoms with van der Waals surface area (Å²) >= 11 is 0. The predicted octanol–water partition coefficient (Wildman–Crippen LogP) is 0.581. The molecule has 3 rings (SSSR count). The molecule has 2 heterocycles. The molecule has 0 spiro atoms. The molecule has 1 aliphatic heterocycles. The maximum absolute atomic E-state index is 12.5. The maximum Gasteiger partial charge on any atom is 0.244 e. The molecular formula is C17H27N5O3. The highest BCUT2D eigenvalue weighted by Crippen LogP contribution is 2.26. The molecule has 2 fully saturated rings. The van der Waals surface area contributed by atoms with Crippen molar-refractivity contribution in [2.75, 3.05) is 26.2 Å². The van der Waals surface area contributed by atoms with Crippen molar-refractivity contribution in [3.8, 4) is 0 Å². The molecule has 1 saturated heterocycles. The molecule has 138 valence electrons. The number of rotatable bonds is 6. The highest BCUT2D eigenvalue weighted by atomic mass is 16.5. The molecule has 0 bridgehead atoms. The Labute approximate surface area is 147 Å². The first-order valence-electron chi connectivity index (χ1n) is 9.19. The molecule has 0 aromatic carbocycles. The van der Waals surface area contributed by atoms with E-state index in [1.54, 1.807) is 6.92 Å². The lowest BCUT2D eigenvalue weighted by Crippen LogP contribution is -2.54. The van der Waals surface area contributed by atoms with Crippen molar-refractivity contribution in [2.24, 2.45) is 5.92 Å². The molecule has 2 aliphatic rings. The van der Waals surface area contributed by atoms with Gasteiger partial charge >= 0.3 is 0 Å². The first-order chi connectivity index (χ1) is 12.1. The third-order valence-electron chi connectivity index (χ3n) is 5.07.